The van der Waals surface area contributed by atoms with Gasteiger partial charge in [0.25, 0.3) is 0 Å². The zero-order valence-corrected chi connectivity index (χ0v) is 14.1. The molecule has 2 rings (SSSR count). The Bertz CT molecular complexity index is 363. The smallest absolute Gasteiger partial charge is 0.214 e. The third kappa shape index (κ3) is 5.17. The second-order valence-corrected chi connectivity index (χ2v) is 8.14. The van der Waals surface area contributed by atoms with E-state index in [2.05, 4.69) is 12.2 Å². The van der Waals surface area contributed by atoms with E-state index in [1.165, 1.54) is 19.3 Å². The molecule has 0 bridgehead atoms. The van der Waals surface area contributed by atoms with Gasteiger partial charge in [0.2, 0.25) is 10.0 Å². The van der Waals surface area contributed by atoms with Gasteiger partial charge in [-0.25, -0.2) is 12.7 Å². The molecule has 120 valence electrons. The lowest BCUT2D eigenvalue weighted by atomic mass is 9.84. The minimum atomic E-state index is -2.99. The molecule has 0 radical (unpaired) electrons. The molecule has 1 aliphatic carbocycles. The first-order chi connectivity index (χ1) is 9.12. The molecule has 0 aromatic carbocycles. The average molecular weight is 325 g/mol. The van der Waals surface area contributed by atoms with Crippen molar-refractivity contribution in [2.75, 3.05) is 31.9 Å². The van der Waals surface area contributed by atoms with E-state index in [1.54, 1.807) is 4.31 Å². The van der Waals surface area contributed by atoms with E-state index in [9.17, 15) is 8.42 Å². The van der Waals surface area contributed by atoms with Gasteiger partial charge in [-0.15, -0.1) is 12.4 Å². The summed E-state index contributed by atoms with van der Waals surface area (Å²) in [6.45, 7) is 5.60. The van der Waals surface area contributed by atoms with Crippen molar-refractivity contribution in [1.82, 2.24) is 9.62 Å². The molecule has 1 N–H and O–H groups in total. The number of rotatable bonds is 7. The van der Waals surface area contributed by atoms with Crippen molar-refractivity contribution in [3.8, 4) is 0 Å². The predicted molar refractivity (Wildman–Crippen MR) is 85.8 cm³/mol. The molecule has 2 fully saturated rings. The Hall–Kier alpha value is 0.160. The van der Waals surface area contributed by atoms with Crippen molar-refractivity contribution in [2.24, 2.45) is 11.8 Å². The lowest BCUT2D eigenvalue weighted by Crippen LogP contribution is -2.42. The maximum atomic E-state index is 12.3. The summed E-state index contributed by atoms with van der Waals surface area (Å²) in [5, 5.41) is 3.36. The van der Waals surface area contributed by atoms with Crippen LogP contribution in [0.4, 0.5) is 0 Å². The van der Waals surface area contributed by atoms with Crippen molar-refractivity contribution in [1.29, 1.82) is 0 Å². The van der Waals surface area contributed by atoms with Crippen molar-refractivity contribution < 1.29 is 8.42 Å². The highest BCUT2D eigenvalue weighted by molar-refractivity contribution is 7.89. The van der Waals surface area contributed by atoms with Crippen LogP contribution in [0.15, 0.2) is 0 Å². The molecule has 1 saturated carbocycles. The monoisotopic (exact) mass is 324 g/mol. The maximum absolute atomic E-state index is 12.3. The summed E-state index contributed by atoms with van der Waals surface area (Å²) in [6, 6.07) is 0. The van der Waals surface area contributed by atoms with Gasteiger partial charge in [-0.3, -0.25) is 0 Å². The maximum Gasteiger partial charge on any atom is 0.214 e. The summed E-state index contributed by atoms with van der Waals surface area (Å²) in [6.07, 6.45) is 6.66. The molecule has 4 nitrogen and oxygen atoms in total. The summed E-state index contributed by atoms with van der Waals surface area (Å²) < 4.78 is 26.3. The van der Waals surface area contributed by atoms with Gasteiger partial charge >= 0.3 is 0 Å². The second kappa shape index (κ2) is 8.57. The normalized spacial score (nSPS) is 22.2. The van der Waals surface area contributed by atoms with E-state index in [4.69, 9.17) is 0 Å². The lowest BCUT2D eigenvalue weighted by Gasteiger charge is -2.32. The van der Waals surface area contributed by atoms with Crippen molar-refractivity contribution >= 4 is 22.4 Å². The Labute approximate surface area is 130 Å². The van der Waals surface area contributed by atoms with E-state index in [-0.39, 0.29) is 12.4 Å². The quantitative estimate of drug-likeness (QED) is 0.781. The zero-order valence-electron chi connectivity index (χ0n) is 12.5. The molecule has 0 amide bonds. The Morgan fingerprint density at radius 2 is 1.75 bits per heavy atom. The van der Waals surface area contributed by atoms with E-state index in [1.807, 2.05) is 0 Å². The van der Waals surface area contributed by atoms with Gasteiger partial charge in [0.15, 0.2) is 0 Å². The molecule has 0 aromatic rings. The van der Waals surface area contributed by atoms with Crippen molar-refractivity contribution in [3.05, 3.63) is 0 Å². The number of nitrogens with zero attached hydrogens (tertiary/aromatic N) is 1. The van der Waals surface area contributed by atoms with Crippen LogP contribution in [0, 0.1) is 11.8 Å². The molecule has 1 saturated heterocycles. The Morgan fingerprint density at radius 3 is 2.25 bits per heavy atom. The van der Waals surface area contributed by atoms with E-state index >= 15 is 0 Å². The standard InChI is InChI=1S/C14H28N2O2S.ClH/c1-2-15-12-14-6-9-16(10-7-14)19(17,18)11-8-13-4-3-5-13;/h13-15H,2-12H2,1H3;1H. The van der Waals surface area contributed by atoms with Gasteiger partial charge in [0, 0.05) is 13.1 Å². The Kier molecular flexibility index (Phi) is 7.80. The molecule has 0 unspecified atom stereocenters. The highest BCUT2D eigenvalue weighted by atomic mass is 35.5. The van der Waals surface area contributed by atoms with Gasteiger partial charge in [0.05, 0.1) is 5.75 Å². The summed E-state index contributed by atoms with van der Waals surface area (Å²) in [5.41, 5.74) is 0. The fourth-order valence-electron chi connectivity index (χ4n) is 2.97. The third-order valence-corrected chi connectivity index (χ3v) is 6.56. The highest BCUT2D eigenvalue weighted by Crippen LogP contribution is 2.30. The number of nitrogens with one attached hydrogen (secondary N) is 1. The Morgan fingerprint density at radius 1 is 1.10 bits per heavy atom. The topological polar surface area (TPSA) is 49.4 Å². The fraction of sp³-hybridized carbons (Fsp3) is 1.00. The minimum absolute atomic E-state index is 0. The van der Waals surface area contributed by atoms with Crippen LogP contribution in [0.5, 0.6) is 0 Å². The van der Waals surface area contributed by atoms with Crippen LogP contribution < -0.4 is 5.32 Å². The molecular weight excluding hydrogens is 296 g/mol. The average Bonchev–Trinajstić information content (AvgIpc) is 2.35. The van der Waals surface area contributed by atoms with Crippen molar-refractivity contribution in [2.45, 2.75) is 45.4 Å². The highest BCUT2D eigenvalue weighted by Gasteiger charge is 2.29. The second-order valence-electron chi connectivity index (χ2n) is 6.05. The summed E-state index contributed by atoms with van der Waals surface area (Å²) in [7, 11) is -2.99. The largest absolute Gasteiger partial charge is 0.317 e. The first-order valence-corrected chi connectivity index (χ1v) is 9.41. The van der Waals surface area contributed by atoms with Crippen LogP contribution >= 0.6 is 12.4 Å². The minimum Gasteiger partial charge on any atom is -0.317 e. The third-order valence-electron chi connectivity index (χ3n) is 4.66. The SMILES string of the molecule is CCNCC1CCN(S(=O)(=O)CCC2CCC2)CC1.Cl. The molecule has 0 spiro atoms. The lowest BCUT2D eigenvalue weighted by molar-refractivity contribution is 0.264. The zero-order chi connectivity index (χ0) is 13.7. The number of halogens is 1. The molecule has 2 aliphatic rings. The fourth-order valence-corrected chi connectivity index (χ4v) is 4.62. The number of piperidine rings is 1. The number of hydrogen-bond acceptors (Lipinski definition) is 3. The predicted octanol–water partition coefficient (Wildman–Crippen LogP) is 2.25. The van der Waals surface area contributed by atoms with Crippen LogP contribution in [0.1, 0.15) is 45.4 Å². The molecule has 0 aromatic heterocycles. The van der Waals surface area contributed by atoms with Crippen LogP contribution in [0.25, 0.3) is 0 Å². The number of hydrogen-bond donors (Lipinski definition) is 1. The first kappa shape index (κ1) is 18.2. The van der Waals surface area contributed by atoms with E-state index in [0.717, 1.165) is 45.4 Å². The summed E-state index contributed by atoms with van der Waals surface area (Å²) in [5.74, 6) is 1.70. The van der Waals surface area contributed by atoms with Crippen LogP contribution in [0.3, 0.4) is 0 Å². The molecule has 1 aliphatic heterocycles. The molecule has 20 heavy (non-hydrogen) atoms. The van der Waals surface area contributed by atoms with Crippen LogP contribution in [0.2, 0.25) is 0 Å². The van der Waals surface area contributed by atoms with Gasteiger partial charge in [0.1, 0.15) is 0 Å². The van der Waals surface area contributed by atoms with E-state index in [0.29, 0.717) is 17.6 Å². The molecule has 6 heteroatoms. The van der Waals surface area contributed by atoms with Crippen molar-refractivity contribution in [3.63, 3.8) is 0 Å². The van der Waals surface area contributed by atoms with Crippen LogP contribution in [-0.4, -0.2) is 44.7 Å². The summed E-state index contributed by atoms with van der Waals surface area (Å²) >= 11 is 0. The van der Waals surface area contributed by atoms with Crippen LogP contribution in [-0.2, 0) is 10.0 Å². The molecular formula is C14H29ClN2O2S. The molecule has 1 heterocycles. The van der Waals surface area contributed by atoms with Gasteiger partial charge in [-0.2, -0.15) is 0 Å². The number of sulfonamides is 1. The Balaban J connectivity index is 0.00000200. The first-order valence-electron chi connectivity index (χ1n) is 7.80. The summed E-state index contributed by atoms with van der Waals surface area (Å²) in [4.78, 5) is 0. The van der Waals surface area contributed by atoms with Gasteiger partial charge in [-0.05, 0) is 44.2 Å². The van der Waals surface area contributed by atoms with E-state index < -0.39 is 10.0 Å². The van der Waals surface area contributed by atoms with Gasteiger partial charge in [-0.1, -0.05) is 26.2 Å². The van der Waals surface area contributed by atoms with Gasteiger partial charge < -0.3 is 5.32 Å². The molecule has 0 atom stereocenters.